The standard InChI is InChI=1S/C11H21N3O4/c1-3-18-11(16)14-6-4-13(5-7-14)10(15)9(8-12)17-2/h9H,3-8,12H2,1-2H3. The van der Waals surface area contributed by atoms with Gasteiger partial charge in [-0.2, -0.15) is 0 Å². The predicted octanol–water partition coefficient (Wildman–Crippen LogP) is -0.739. The van der Waals surface area contributed by atoms with Crippen molar-refractivity contribution in [3.63, 3.8) is 0 Å². The number of amides is 2. The fourth-order valence-corrected chi connectivity index (χ4v) is 1.83. The second-order valence-corrected chi connectivity index (χ2v) is 3.97. The highest BCUT2D eigenvalue weighted by atomic mass is 16.6. The molecule has 0 aromatic heterocycles. The first-order chi connectivity index (χ1) is 8.63. The highest BCUT2D eigenvalue weighted by molar-refractivity contribution is 5.81. The van der Waals surface area contributed by atoms with Gasteiger partial charge in [0.25, 0.3) is 5.91 Å². The molecule has 1 atom stereocenters. The second-order valence-electron chi connectivity index (χ2n) is 3.97. The smallest absolute Gasteiger partial charge is 0.409 e. The third kappa shape index (κ3) is 3.58. The van der Waals surface area contributed by atoms with Gasteiger partial charge in [0, 0.05) is 39.8 Å². The van der Waals surface area contributed by atoms with Crippen molar-refractivity contribution in [2.45, 2.75) is 13.0 Å². The lowest BCUT2D eigenvalue weighted by Crippen LogP contribution is -2.54. The molecule has 0 saturated carbocycles. The molecule has 1 fully saturated rings. The molecule has 1 aliphatic rings. The fraction of sp³-hybridized carbons (Fsp3) is 0.818. The van der Waals surface area contributed by atoms with Crippen LogP contribution in [0.2, 0.25) is 0 Å². The van der Waals surface area contributed by atoms with Crippen LogP contribution in [-0.4, -0.2) is 74.3 Å². The van der Waals surface area contributed by atoms with E-state index in [1.165, 1.54) is 7.11 Å². The van der Waals surface area contributed by atoms with Crippen LogP contribution in [-0.2, 0) is 14.3 Å². The number of rotatable bonds is 4. The van der Waals surface area contributed by atoms with Crippen LogP contribution in [0.15, 0.2) is 0 Å². The Kier molecular flexibility index (Phi) is 5.87. The van der Waals surface area contributed by atoms with E-state index in [0.29, 0.717) is 32.8 Å². The highest BCUT2D eigenvalue weighted by Gasteiger charge is 2.28. The number of hydrogen-bond donors (Lipinski definition) is 1. The second kappa shape index (κ2) is 7.17. The molecule has 1 heterocycles. The van der Waals surface area contributed by atoms with E-state index in [0.717, 1.165) is 0 Å². The maximum Gasteiger partial charge on any atom is 0.409 e. The Morgan fingerprint density at radius 1 is 1.22 bits per heavy atom. The van der Waals surface area contributed by atoms with Crippen LogP contribution in [0.25, 0.3) is 0 Å². The quantitative estimate of drug-likeness (QED) is 0.719. The Morgan fingerprint density at radius 3 is 2.22 bits per heavy atom. The maximum absolute atomic E-state index is 11.9. The van der Waals surface area contributed by atoms with E-state index in [2.05, 4.69) is 0 Å². The largest absolute Gasteiger partial charge is 0.450 e. The van der Waals surface area contributed by atoms with Crippen molar-refractivity contribution < 1.29 is 19.1 Å². The van der Waals surface area contributed by atoms with Gasteiger partial charge in [-0.3, -0.25) is 4.79 Å². The predicted molar refractivity (Wildman–Crippen MR) is 65.0 cm³/mol. The minimum absolute atomic E-state index is 0.122. The Balaban J connectivity index is 2.43. The first kappa shape index (κ1) is 14.7. The molecule has 1 saturated heterocycles. The van der Waals surface area contributed by atoms with Crippen LogP contribution in [0, 0.1) is 0 Å². The third-order valence-electron chi connectivity index (χ3n) is 2.89. The molecule has 0 radical (unpaired) electrons. The van der Waals surface area contributed by atoms with Gasteiger partial charge in [0.05, 0.1) is 6.61 Å². The van der Waals surface area contributed by atoms with Gasteiger partial charge in [-0.25, -0.2) is 4.79 Å². The Morgan fingerprint density at radius 2 is 1.78 bits per heavy atom. The van der Waals surface area contributed by atoms with Crippen molar-refractivity contribution in [1.29, 1.82) is 0 Å². The summed E-state index contributed by atoms with van der Waals surface area (Å²) in [7, 11) is 1.46. The van der Waals surface area contributed by atoms with Gasteiger partial charge in [-0.15, -0.1) is 0 Å². The zero-order chi connectivity index (χ0) is 13.5. The van der Waals surface area contributed by atoms with E-state index in [1.54, 1.807) is 16.7 Å². The van der Waals surface area contributed by atoms with Crippen LogP contribution in [0.5, 0.6) is 0 Å². The summed E-state index contributed by atoms with van der Waals surface area (Å²) in [6.07, 6.45) is -0.925. The van der Waals surface area contributed by atoms with E-state index < -0.39 is 6.10 Å². The number of carbonyl (C=O) groups excluding carboxylic acids is 2. The van der Waals surface area contributed by atoms with Gasteiger partial charge in [-0.1, -0.05) is 0 Å². The lowest BCUT2D eigenvalue weighted by molar-refractivity contribution is -0.143. The van der Waals surface area contributed by atoms with Crippen LogP contribution in [0.3, 0.4) is 0 Å². The molecule has 1 rings (SSSR count). The highest BCUT2D eigenvalue weighted by Crippen LogP contribution is 2.06. The molecule has 0 spiro atoms. The van der Waals surface area contributed by atoms with Crippen molar-refractivity contribution in [1.82, 2.24) is 9.80 Å². The van der Waals surface area contributed by atoms with Crippen LogP contribution in [0.1, 0.15) is 6.92 Å². The summed E-state index contributed by atoms with van der Waals surface area (Å²) < 4.78 is 9.91. The average Bonchev–Trinajstić information content (AvgIpc) is 2.40. The maximum atomic E-state index is 11.9. The first-order valence-corrected chi connectivity index (χ1v) is 6.07. The SMILES string of the molecule is CCOC(=O)N1CCN(C(=O)C(CN)OC)CC1. The Hall–Kier alpha value is -1.34. The molecule has 2 amide bonds. The monoisotopic (exact) mass is 259 g/mol. The number of piperazine rings is 1. The van der Waals surface area contributed by atoms with Gasteiger partial charge in [0.15, 0.2) is 0 Å². The van der Waals surface area contributed by atoms with Crippen LogP contribution < -0.4 is 5.73 Å². The topological polar surface area (TPSA) is 85.1 Å². The zero-order valence-corrected chi connectivity index (χ0v) is 10.9. The molecule has 7 nitrogen and oxygen atoms in total. The van der Waals surface area contributed by atoms with Gasteiger partial charge in [0.2, 0.25) is 0 Å². The first-order valence-electron chi connectivity index (χ1n) is 6.07. The van der Waals surface area contributed by atoms with Gasteiger partial charge < -0.3 is 25.0 Å². The fourth-order valence-electron chi connectivity index (χ4n) is 1.83. The van der Waals surface area contributed by atoms with Crippen molar-refractivity contribution in [2.24, 2.45) is 5.73 Å². The number of ether oxygens (including phenoxy) is 2. The molecular formula is C11H21N3O4. The Bertz CT molecular complexity index is 286. The molecule has 0 aromatic carbocycles. The molecule has 104 valence electrons. The molecule has 2 N–H and O–H groups in total. The number of nitrogens with zero attached hydrogens (tertiary/aromatic N) is 2. The summed E-state index contributed by atoms with van der Waals surface area (Å²) in [6.45, 7) is 4.21. The van der Waals surface area contributed by atoms with Gasteiger partial charge in [0.1, 0.15) is 6.10 Å². The number of methoxy groups -OCH3 is 1. The van der Waals surface area contributed by atoms with E-state index in [-0.39, 0.29) is 18.5 Å². The summed E-state index contributed by atoms with van der Waals surface area (Å²) in [5, 5.41) is 0. The van der Waals surface area contributed by atoms with Crippen molar-refractivity contribution in [2.75, 3.05) is 46.4 Å². The Labute approximate surface area is 107 Å². The summed E-state index contributed by atoms with van der Waals surface area (Å²) in [4.78, 5) is 26.7. The number of nitrogens with two attached hydrogens (primary N) is 1. The van der Waals surface area contributed by atoms with Crippen molar-refractivity contribution in [3.05, 3.63) is 0 Å². The molecule has 0 aliphatic carbocycles. The number of carbonyl (C=O) groups is 2. The minimum Gasteiger partial charge on any atom is -0.450 e. The minimum atomic E-state index is -0.598. The molecule has 1 unspecified atom stereocenters. The third-order valence-corrected chi connectivity index (χ3v) is 2.89. The summed E-state index contributed by atoms with van der Waals surface area (Å²) in [6, 6.07) is 0. The van der Waals surface area contributed by atoms with E-state index in [4.69, 9.17) is 15.2 Å². The molecule has 1 aliphatic heterocycles. The molecule has 0 aromatic rings. The normalized spacial score (nSPS) is 17.5. The van der Waals surface area contributed by atoms with E-state index in [1.807, 2.05) is 0 Å². The van der Waals surface area contributed by atoms with Gasteiger partial charge in [-0.05, 0) is 6.92 Å². The molecule has 7 heteroatoms. The lowest BCUT2D eigenvalue weighted by atomic mass is 10.2. The molecule has 18 heavy (non-hydrogen) atoms. The van der Waals surface area contributed by atoms with Crippen LogP contribution in [0.4, 0.5) is 4.79 Å². The lowest BCUT2D eigenvalue weighted by Gasteiger charge is -2.35. The van der Waals surface area contributed by atoms with E-state index >= 15 is 0 Å². The zero-order valence-electron chi connectivity index (χ0n) is 10.9. The molecular weight excluding hydrogens is 238 g/mol. The average molecular weight is 259 g/mol. The molecule has 0 bridgehead atoms. The van der Waals surface area contributed by atoms with Crippen LogP contribution >= 0.6 is 0 Å². The van der Waals surface area contributed by atoms with E-state index in [9.17, 15) is 9.59 Å². The summed E-state index contributed by atoms with van der Waals surface area (Å²) in [5.41, 5.74) is 5.45. The van der Waals surface area contributed by atoms with Crippen molar-refractivity contribution in [3.8, 4) is 0 Å². The summed E-state index contributed by atoms with van der Waals surface area (Å²) >= 11 is 0. The van der Waals surface area contributed by atoms with Gasteiger partial charge >= 0.3 is 6.09 Å². The summed E-state index contributed by atoms with van der Waals surface area (Å²) in [5.74, 6) is -0.122. The van der Waals surface area contributed by atoms with Crippen molar-refractivity contribution >= 4 is 12.0 Å². The number of hydrogen-bond acceptors (Lipinski definition) is 5.